The van der Waals surface area contributed by atoms with E-state index in [0.717, 1.165) is 10.4 Å². The summed E-state index contributed by atoms with van der Waals surface area (Å²) in [6.07, 6.45) is 0.644. The molecule has 0 spiro atoms. The van der Waals surface area contributed by atoms with E-state index < -0.39 is 12.6 Å². The second-order valence-corrected chi connectivity index (χ2v) is 7.84. The van der Waals surface area contributed by atoms with Crippen LogP contribution in [-0.2, 0) is 11.2 Å². The van der Waals surface area contributed by atoms with Gasteiger partial charge in [-0.25, -0.2) is 4.79 Å². The highest BCUT2D eigenvalue weighted by Gasteiger charge is 2.19. The number of esters is 1. The van der Waals surface area contributed by atoms with Crippen LogP contribution in [0.5, 0.6) is 5.75 Å². The zero-order valence-corrected chi connectivity index (χ0v) is 18.2. The number of halogens is 2. The van der Waals surface area contributed by atoms with E-state index in [1.54, 1.807) is 31.2 Å². The minimum Gasteiger partial charge on any atom is -0.462 e. The zero-order chi connectivity index (χ0) is 22.2. The third kappa shape index (κ3) is 6.47. The van der Waals surface area contributed by atoms with Gasteiger partial charge in [-0.1, -0.05) is 42.5 Å². The number of carbonyl (C=O) groups excluding carboxylic acids is 1. The van der Waals surface area contributed by atoms with Gasteiger partial charge >= 0.3 is 12.6 Å². The molecular weight excluding hydrogens is 442 g/mol. The lowest BCUT2D eigenvalue weighted by molar-refractivity contribution is -0.0493. The predicted octanol–water partition coefficient (Wildman–Crippen LogP) is 5.93. The Hall–Kier alpha value is -3.04. The summed E-state index contributed by atoms with van der Waals surface area (Å²) in [5.41, 5.74) is 1.74. The first-order chi connectivity index (χ1) is 15.0. The summed E-state index contributed by atoms with van der Waals surface area (Å²) in [6.45, 7) is -0.991. The predicted molar refractivity (Wildman–Crippen MR) is 122 cm³/mol. The number of nitrogens with one attached hydrogen (secondary N) is 2. The molecule has 9 heteroatoms. The number of thiophene rings is 1. The molecule has 1 heterocycles. The molecule has 0 saturated carbocycles. The molecule has 0 aliphatic rings. The highest BCUT2D eigenvalue weighted by molar-refractivity contribution is 7.80. The summed E-state index contributed by atoms with van der Waals surface area (Å²) in [5, 5.41) is 6.46. The highest BCUT2D eigenvalue weighted by Crippen LogP contribution is 2.31. The van der Waals surface area contributed by atoms with E-state index in [4.69, 9.17) is 17.0 Å². The Morgan fingerprint density at radius 3 is 2.52 bits per heavy atom. The van der Waals surface area contributed by atoms with Gasteiger partial charge in [0.1, 0.15) is 10.8 Å². The largest absolute Gasteiger partial charge is 0.462 e. The van der Waals surface area contributed by atoms with Gasteiger partial charge in [0.05, 0.1) is 17.9 Å². The van der Waals surface area contributed by atoms with Crippen molar-refractivity contribution >= 4 is 45.3 Å². The highest BCUT2D eigenvalue weighted by atomic mass is 32.1. The molecule has 0 unspecified atom stereocenters. The van der Waals surface area contributed by atoms with E-state index in [9.17, 15) is 13.6 Å². The smallest absolute Gasteiger partial charge is 0.387 e. The molecule has 0 saturated heterocycles. The molecule has 0 aliphatic carbocycles. The van der Waals surface area contributed by atoms with Crippen LogP contribution in [0.15, 0.2) is 60.7 Å². The molecule has 0 bridgehead atoms. The molecule has 0 fully saturated rings. The van der Waals surface area contributed by atoms with E-state index in [1.165, 1.54) is 17.4 Å². The number of para-hydroxylation sites is 2. The molecule has 1 aromatic heterocycles. The fraction of sp³-hybridized carbons (Fsp3) is 0.182. The van der Waals surface area contributed by atoms with Crippen LogP contribution in [0.1, 0.15) is 27.7 Å². The Labute approximate surface area is 188 Å². The monoisotopic (exact) mass is 462 g/mol. The Balaban J connectivity index is 1.79. The van der Waals surface area contributed by atoms with Gasteiger partial charge in [-0.3, -0.25) is 0 Å². The number of ether oxygens (including phenoxy) is 2. The first-order valence-electron chi connectivity index (χ1n) is 9.42. The Bertz CT molecular complexity index is 1040. The summed E-state index contributed by atoms with van der Waals surface area (Å²) in [7, 11) is 0. The number of carbonyl (C=O) groups is 1. The zero-order valence-electron chi connectivity index (χ0n) is 16.6. The van der Waals surface area contributed by atoms with Gasteiger partial charge in [-0.15, -0.1) is 11.3 Å². The van der Waals surface area contributed by atoms with Crippen molar-refractivity contribution in [2.75, 3.05) is 17.2 Å². The molecule has 2 aromatic carbocycles. The summed E-state index contributed by atoms with van der Waals surface area (Å²) in [5.74, 6) is -0.506. The van der Waals surface area contributed by atoms with Gasteiger partial charge in [-0.2, -0.15) is 8.78 Å². The Morgan fingerprint density at radius 2 is 1.81 bits per heavy atom. The maximum atomic E-state index is 12.6. The topological polar surface area (TPSA) is 59.6 Å². The first kappa shape index (κ1) is 22.6. The molecule has 3 aromatic rings. The normalized spacial score (nSPS) is 10.6. The van der Waals surface area contributed by atoms with Crippen LogP contribution in [-0.4, -0.2) is 24.3 Å². The molecule has 0 aliphatic heterocycles. The third-order valence-corrected chi connectivity index (χ3v) is 5.33. The van der Waals surface area contributed by atoms with E-state index in [2.05, 4.69) is 15.4 Å². The fourth-order valence-corrected chi connectivity index (χ4v) is 4.16. The average molecular weight is 463 g/mol. The van der Waals surface area contributed by atoms with E-state index >= 15 is 0 Å². The van der Waals surface area contributed by atoms with Gasteiger partial charge in [0.15, 0.2) is 5.11 Å². The van der Waals surface area contributed by atoms with Crippen molar-refractivity contribution in [3.05, 3.63) is 76.7 Å². The SMILES string of the molecule is CCOC(=O)c1cc(Cc2ccccc2)sc1NC(=S)Nc1ccccc1OC(F)F. The molecule has 162 valence electrons. The van der Waals surface area contributed by atoms with Gasteiger partial charge in [0, 0.05) is 11.3 Å². The van der Waals surface area contributed by atoms with Gasteiger partial charge in [0.25, 0.3) is 0 Å². The fourth-order valence-electron chi connectivity index (χ4n) is 2.80. The van der Waals surface area contributed by atoms with Gasteiger partial charge < -0.3 is 20.1 Å². The lowest BCUT2D eigenvalue weighted by Gasteiger charge is -2.14. The molecule has 0 atom stereocenters. The van der Waals surface area contributed by atoms with Gasteiger partial charge in [0.2, 0.25) is 0 Å². The summed E-state index contributed by atoms with van der Waals surface area (Å²) >= 11 is 6.70. The lowest BCUT2D eigenvalue weighted by Crippen LogP contribution is -2.20. The van der Waals surface area contributed by atoms with E-state index in [0.29, 0.717) is 17.0 Å². The number of alkyl halides is 2. The molecule has 31 heavy (non-hydrogen) atoms. The average Bonchev–Trinajstić information content (AvgIpc) is 3.12. The van der Waals surface area contributed by atoms with Crippen molar-refractivity contribution in [2.24, 2.45) is 0 Å². The van der Waals surface area contributed by atoms with Crippen molar-refractivity contribution in [3.8, 4) is 5.75 Å². The van der Waals surface area contributed by atoms with Crippen molar-refractivity contribution in [1.82, 2.24) is 0 Å². The standard InChI is InChI=1S/C22H20F2N2O3S2/c1-2-28-20(27)16-13-15(12-14-8-4-3-5-9-14)31-19(16)26-22(30)25-17-10-6-7-11-18(17)29-21(23)24/h3-11,13,21H,2,12H2,1H3,(H2,25,26,30). The number of hydrogen-bond donors (Lipinski definition) is 2. The van der Waals surface area contributed by atoms with Crippen molar-refractivity contribution in [2.45, 2.75) is 20.0 Å². The maximum Gasteiger partial charge on any atom is 0.387 e. The van der Waals surface area contributed by atoms with Crippen LogP contribution in [0.2, 0.25) is 0 Å². The third-order valence-electron chi connectivity index (χ3n) is 4.08. The minimum absolute atomic E-state index is 0.0387. The van der Waals surface area contributed by atoms with Crippen LogP contribution in [0.25, 0.3) is 0 Å². The lowest BCUT2D eigenvalue weighted by atomic mass is 10.1. The molecule has 3 rings (SSSR count). The number of thiocarbonyl (C=S) groups is 1. The number of benzene rings is 2. The summed E-state index contributed by atoms with van der Waals surface area (Å²) < 4.78 is 34.9. The first-order valence-corrected chi connectivity index (χ1v) is 10.6. The molecule has 0 radical (unpaired) electrons. The van der Waals surface area contributed by atoms with Crippen LogP contribution >= 0.6 is 23.6 Å². The quantitative estimate of drug-likeness (QED) is 0.320. The molecule has 2 N–H and O–H groups in total. The maximum absolute atomic E-state index is 12.6. The Morgan fingerprint density at radius 1 is 1.10 bits per heavy atom. The number of rotatable bonds is 8. The molecule has 5 nitrogen and oxygen atoms in total. The second-order valence-electron chi connectivity index (χ2n) is 6.29. The van der Waals surface area contributed by atoms with Crippen LogP contribution in [0.3, 0.4) is 0 Å². The van der Waals surface area contributed by atoms with Crippen LogP contribution < -0.4 is 15.4 Å². The summed E-state index contributed by atoms with van der Waals surface area (Å²) in [6, 6.07) is 17.8. The van der Waals surface area contributed by atoms with Crippen molar-refractivity contribution in [1.29, 1.82) is 0 Å². The van der Waals surface area contributed by atoms with Crippen LogP contribution in [0, 0.1) is 0 Å². The summed E-state index contributed by atoms with van der Waals surface area (Å²) in [4.78, 5) is 13.4. The molecule has 0 amide bonds. The Kier molecular flexibility index (Phi) is 7.91. The minimum atomic E-state index is -2.96. The van der Waals surface area contributed by atoms with Crippen LogP contribution in [0.4, 0.5) is 19.5 Å². The van der Waals surface area contributed by atoms with E-state index in [1.807, 2.05) is 30.3 Å². The number of hydrogen-bond acceptors (Lipinski definition) is 5. The van der Waals surface area contributed by atoms with Crippen molar-refractivity contribution in [3.63, 3.8) is 0 Å². The van der Waals surface area contributed by atoms with E-state index in [-0.39, 0.29) is 23.2 Å². The van der Waals surface area contributed by atoms with Gasteiger partial charge in [-0.05, 0) is 42.9 Å². The number of anilines is 2. The molecular formula is C22H20F2N2O3S2. The van der Waals surface area contributed by atoms with Crippen molar-refractivity contribution < 1.29 is 23.0 Å². The second kappa shape index (κ2) is 10.8.